The highest BCUT2D eigenvalue weighted by molar-refractivity contribution is 5.99. The molecule has 1 saturated carbocycles. The molecule has 0 spiro atoms. The second kappa shape index (κ2) is 11.7. The number of carbonyl (C=O) groups excluding carboxylic acids is 1. The second-order valence-electron chi connectivity index (χ2n) is 10.3. The van der Waals surface area contributed by atoms with Crippen molar-refractivity contribution in [2.75, 3.05) is 32.1 Å². The van der Waals surface area contributed by atoms with Crippen molar-refractivity contribution in [3.63, 3.8) is 0 Å². The Hall–Kier alpha value is -3.89. The van der Waals surface area contributed by atoms with E-state index in [1.54, 1.807) is 13.2 Å². The van der Waals surface area contributed by atoms with Crippen LogP contribution in [0.25, 0.3) is 22.0 Å². The zero-order chi connectivity index (χ0) is 26.5. The fraction of sp³-hybridized carbons (Fsp3) is 0.387. The monoisotopic (exact) mass is 509 g/mol. The van der Waals surface area contributed by atoms with Crippen molar-refractivity contribution >= 4 is 22.4 Å². The van der Waals surface area contributed by atoms with E-state index in [0.29, 0.717) is 29.6 Å². The van der Waals surface area contributed by atoms with Gasteiger partial charge in [-0.3, -0.25) is 4.79 Å². The highest BCUT2D eigenvalue weighted by Crippen LogP contribution is 2.36. The Morgan fingerprint density at radius 2 is 1.89 bits per heavy atom. The first kappa shape index (κ1) is 25.7. The maximum atomic E-state index is 13.1. The number of aromatic nitrogens is 1. The molecule has 2 aliphatic rings. The fourth-order valence-corrected chi connectivity index (χ4v) is 5.72. The number of nitriles is 1. The van der Waals surface area contributed by atoms with E-state index in [0.717, 1.165) is 53.4 Å². The molecule has 2 heterocycles. The number of rotatable bonds is 8. The van der Waals surface area contributed by atoms with Gasteiger partial charge in [-0.15, -0.1) is 0 Å². The van der Waals surface area contributed by atoms with Crippen LogP contribution in [0.3, 0.4) is 0 Å². The molecule has 7 heteroatoms. The molecule has 2 N–H and O–H groups in total. The van der Waals surface area contributed by atoms with Crippen LogP contribution in [0.5, 0.6) is 5.75 Å². The van der Waals surface area contributed by atoms with Gasteiger partial charge in [0.1, 0.15) is 11.4 Å². The van der Waals surface area contributed by atoms with Crippen molar-refractivity contribution in [1.29, 1.82) is 5.26 Å². The number of carbonyl (C=O) groups is 1. The highest BCUT2D eigenvalue weighted by atomic mass is 16.5. The van der Waals surface area contributed by atoms with Crippen LogP contribution in [0.2, 0.25) is 0 Å². The summed E-state index contributed by atoms with van der Waals surface area (Å²) in [7, 11) is 1.62. The maximum absolute atomic E-state index is 13.1. The second-order valence-corrected chi connectivity index (χ2v) is 10.3. The minimum atomic E-state index is -0.115. The molecule has 38 heavy (non-hydrogen) atoms. The fourth-order valence-electron chi connectivity index (χ4n) is 5.72. The number of pyridine rings is 1. The molecule has 0 atom stereocenters. The highest BCUT2D eigenvalue weighted by Gasteiger charge is 2.28. The van der Waals surface area contributed by atoms with Crippen molar-refractivity contribution in [3.05, 3.63) is 66.4 Å². The average molecular weight is 510 g/mol. The zero-order valence-electron chi connectivity index (χ0n) is 22.0. The van der Waals surface area contributed by atoms with E-state index in [-0.39, 0.29) is 11.9 Å². The van der Waals surface area contributed by atoms with Gasteiger partial charge in [0.05, 0.1) is 24.6 Å². The van der Waals surface area contributed by atoms with Gasteiger partial charge in [-0.1, -0.05) is 30.8 Å². The number of hydrogen-bond acceptors (Lipinski definition) is 6. The number of nitrogens with zero attached hydrogens (tertiary/aromatic N) is 3. The van der Waals surface area contributed by atoms with Gasteiger partial charge in [0.15, 0.2) is 0 Å². The third-order valence-electron chi connectivity index (χ3n) is 7.81. The SMILES string of the molecule is C=C(C#N)CNc1c(OC)ccc2ccc(-c3cccc(C(=O)NC4CCC(N5CCCC5)CC4)n3)cc12. The van der Waals surface area contributed by atoms with E-state index in [1.165, 1.54) is 25.9 Å². The lowest BCUT2D eigenvalue weighted by Crippen LogP contribution is -2.43. The van der Waals surface area contributed by atoms with E-state index >= 15 is 0 Å². The summed E-state index contributed by atoms with van der Waals surface area (Å²) in [5, 5.41) is 17.6. The smallest absolute Gasteiger partial charge is 0.270 e. The van der Waals surface area contributed by atoms with Gasteiger partial charge >= 0.3 is 0 Å². The summed E-state index contributed by atoms with van der Waals surface area (Å²) in [6.07, 6.45) is 6.98. The molecule has 0 radical (unpaired) electrons. The Balaban J connectivity index is 1.32. The normalized spacial score (nSPS) is 19.6. The molecule has 1 aromatic heterocycles. The van der Waals surface area contributed by atoms with Crippen molar-refractivity contribution in [2.24, 2.45) is 0 Å². The summed E-state index contributed by atoms with van der Waals surface area (Å²) in [6.45, 7) is 6.55. The molecule has 196 valence electrons. The van der Waals surface area contributed by atoms with Crippen LogP contribution in [0.1, 0.15) is 49.0 Å². The largest absolute Gasteiger partial charge is 0.495 e. The summed E-state index contributed by atoms with van der Waals surface area (Å²) >= 11 is 0. The van der Waals surface area contributed by atoms with Gasteiger partial charge in [-0.05, 0) is 81.3 Å². The molecule has 1 saturated heterocycles. The number of hydrogen-bond donors (Lipinski definition) is 2. The summed E-state index contributed by atoms with van der Waals surface area (Å²) in [4.78, 5) is 20.5. The molecule has 1 amide bonds. The molecule has 3 aromatic rings. The van der Waals surface area contributed by atoms with Gasteiger partial charge in [0, 0.05) is 35.2 Å². The van der Waals surface area contributed by atoms with Crippen molar-refractivity contribution in [1.82, 2.24) is 15.2 Å². The molecule has 7 nitrogen and oxygen atoms in total. The van der Waals surface area contributed by atoms with Crippen LogP contribution >= 0.6 is 0 Å². The van der Waals surface area contributed by atoms with Gasteiger partial charge in [-0.2, -0.15) is 5.26 Å². The predicted octanol–water partition coefficient (Wildman–Crippen LogP) is 5.54. The Morgan fingerprint density at radius 1 is 1.13 bits per heavy atom. The molecule has 0 bridgehead atoms. The van der Waals surface area contributed by atoms with Crippen molar-refractivity contribution < 1.29 is 9.53 Å². The van der Waals surface area contributed by atoms with E-state index in [1.807, 2.05) is 42.5 Å². The van der Waals surface area contributed by atoms with Crippen molar-refractivity contribution in [3.8, 4) is 23.1 Å². The van der Waals surface area contributed by atoms with E-state index < -0.39 is 0 Å². The predicted molar refractivity (Wildman–Crippen MR) is 151 cm³/mol. The third-order valence-corrected chi connectivity index (χ3v) is 7.81. The Bertz CT molecular complexity index is 1360. The van der Waals surface area contributed by atoms with Crippen LogP contribution in [-0.4, -0.2) is 54.6 Å². The Labute approximate surface area is 224 Å². The number of anilines is 1. The molecule has 0 unspecified atom stereocenters. The van der Waals surface area contributed by atoms with Gasteiger partial charge in [0.25, 0.3) is 5.91 Å². The number of methoxy groups -OCH3 is 1. The van der Waals surface area contributed by atoms with Crippen LogP contribution in [0.4, 0.5) is 5.69 Å². The maximum Gasteiger partial charge on any atom is 0.270 e. The molecule has 5 rings (SSSR count). The first-order valence-corrected chi connectivity index (χ1v) is 13.5. The molecule has 1 aliphatic carbocycles. The third kappa shape index (κ3) is 5.66. The van der Waals surface area contributed by atoms with Gasteiger partial charge in [0.2, 0.25) is 0 Å². The average Bonchev–Trinajstić information content (AvgIpc) is 3.51. The lowest BCUT2D eigenvalue weighted by molar-refractivity contribution is 0.0906. The number of amides is 1. The summed E-state index contributed by atoms with van der Waals surface area (Å²) < 4.78 is 5.58. The number of ether oxygens (including phenoxy) is 1. The van der Waals surface area contributed by atoms with Crippen LogP contribution in [0, 0.1) is 11.3 Å². The summed E-state index contributed by atoms with van der Waals surface area (Å²) in [6, 6.07) is 18.5. The van der Waals surface area contributed by atoms with E-state index in [4.69, 9.17) is 15.0 Å². The number of fused-ring (bicyclic) bond motifs is 1. The lowest BCUT2D eigenvalue weighted by atomic mass is 9.90. The Kier molecular flexibility index (Phi) is 7.90. The lowest BCUT2D eigenvalue weighted by Gasteiger charge is -2.34. The van der Waals surface area contributed by atoms with E-state index in [9.17, 15) is 4.79 Å². The van der Waals surface area contributed by atoms with Crippen molar-refractivity contribution in [2.45, 2.75) is 50.6 Å². The first-order valence-electron chi connectivity index (χ1n) is 13.5. The van der Waals surface area contributed by atoms with Crippen LogP contribution in [-0.2, 0) is 0 Å². The number of benzene rings is 2. The zero-order valence-corrected chi connectivity index (χ0v) is 22.0. The molecular weight excluding hydrogens is 474 g/mol. The van der Waals surface area contributed by atoms with E-state index in [2.05, 4.69) is 28.2 Å². The number of likely N-dealkylation sites (tertiary alicyclic amines) is 1. The topological polar surface area (TPSA) is 90.3 Å². The molecule has 2 aromatic carbocycles. The van der Waals surface area contributed by atoms with Gasteiger partial charge < -0.3 is 20.3 Å². The minimum absolute atomic E-state index is 0.115. The Morgan fingerprint density at radius 3 is 2.63 bits per heavy atom. The summed E-state index contributed by atoms with van der Waals surface area (Å²) in [5.74, 6) is 0.567. The van der Waals surface area contributed by atoms with Gasteiger partial charge in [-0.25, -0.2) is 4.98 Å². The quantitative estimate of drug-likeness (QED) is 0.388. The van der Waals surface area contributed by atoms with Crippen LogP contribution < -0.4 is 15.4 Å². The van der Waals surface area contributed by atoms with Crippen LogP contribution in [0.15, 0.2) is 60.7 Å². The number of nitrogens with one attached hydrogen (secondary N) is 2. The summed E-state index contributed by atoms with van der Waals surface area (Å²) in [5.41, 5.74) is 3.28. The first-order chi connectivity index (χ1) is 18.6. The minimum Gasteiger partial charge on any atom is -0.495 e. The molecular formula is C31H35N5O2. The molecule has 1 aliphatic heterocycles. The molecule has 2 fully saturated rings. The standard InChI is InChI=1S/C31H35N5O2/c1-21(19-32)20-33-30-26-18-23(9-8-22(26)10-15-29(30)38-2)27-6-5-7-28(35-27)31(37)34-24-11-13-25(14-12-24)36-16-3-4-17-36/h5-10,15,18,24-25,33H,1,3-4,11-14,16-17,20H2,2H3,(H,34,37).